The van der Waals surface area contributed by atoms with E-state index in [4.69, 9.17) is 18.8 Å². The number of ether oxygens (including phenoxy) is 2. The summed E-state index contributed by atoms with van der Waals surface area (Å²) in [6, 6.07) is 14.9. The molecule has 0 atom stereocenters. The number of hydrogen-bond acceptors (Lipinski definition) is 5. The lowest BCUT2D eigenvalue weighted by Crippen LogP contribution is -2.41. The Kier molecular flexibility index (Phi) is 4.70. The van der Waals surface area contributed by atoms with E-state index >= 15 is 0 Å². The van der Waals surface area contributed by atoms with Crippen LogP contribution in [0.3, 0.4) is 0 Å². The Labute approximate surface area is 154 Å². The molecule has 0 N–H and O–H groups in total. The first-order chi connectivity index (χ1) is 12.3. The summed E-state index contributed by atoms with van der Waals surface area (Å²) in [5.74, 6) is 1.56. The molecule has 0 spiro atoms. The van der Waals surface area contributed by atoms with Gasteiger partial charge in [-0.05, 0) is 57.4 Å². The molecule has 5 nitrogen and oxygen atoms in total. The summed E-state index contributed by atoms with van der Waals surface area (Å²) in [5.41, 5.74) is 0.525. The molecule has 0 saturated carbocycles. The molecule has 0 aromatic heterocycles. The fourth-order valence-electron chi connectivity index (χ4n) is 2.68. The zero-order chi connectivity index (χ0) is 18.9. The van der Waals surface area contributed by atoms with Gasteiger partial charge in [0.1, 0.15) is 28.9 Å². The van der Waals surface area contributed by atoms with Gasteiger partial charge in [-0.3, -0.25) is 0 Å². The van der Waals surface area contributed by atoms with Crippen molar-refractivity contribution < 1.29 is 18.8 Å². The van der Waals surface area contributed by atoms with E-state index in [0.29, 0.717) is 22.8 Å². The van der Waals surface area contributed by atoms with Crippen LogP contribution in [-0.4, -0.2) is 25.4 Å². The van der Waals surface area contributed by atoms with Crippen molar-refractivity contribution in [3.05, 3.63) is 48.0 Å². The molecule has 1 aliphatic rings. The van der Waals surface area contributed by atoms with E-state index in [1.54, 1.807) is 18.2 Å². The molecule has 1 fully saturated rings. The third kappa shape index (κ3) is 3.28. The van der Waals surface area contributed by atoms with Gasteiger partial charge in [0, 0.05) is 0 Å². The summed E-state index contributed by atoms with van der Waals surface area (Å²) < 4.78 is 23.2. The molecule has 0 unspecified atom stereocenters. The molecule has 1 aliphatic heterocycles. The molecule has 1 saturated heterocycles. The maximum absolute atomic E-state index is 9.35. The van der Waals surface area contributed by atoms with Gasteiger partial charge in [-0.1, -0.05) is 18.2 Å². The molecule has 0 amide bonds. The highest BCUT2D eigenvalue weighted by Gasteiger charge is 2.51. The Balaban J connectivity index is 1.79. The third-order valence-electron chi connectivity index (χ3n) is 4.95. The minimum Gasteiger partial charge on any atom is -0.495 e. The number of benzene rings is 2. The maximum Gasteiger partial charge on any atom is 0.494 e. The zero-order valence-corrected chi connectivity index (χ0v) is 15.7. The lowest BCUT2D eigenvalue weighted by molar-refractivity contribution is 0.00578. The van der Waals surface area contributed by atoms with Gasteiger partial charge in [0.2, 0.25) is 0 Å². The normalized spacial score (nSPS) is 17.6. The molecule has 134 valence electrons. The number of rotatable bonds is 4. The Bertz CT molecular complexity index is 824. The Morgan fingerprint density at radius 2 is 1.50 bits per heavy atom. The molecule has 3 rings (SSSR count). The van der Waals surface area contributed by atoms with Crippen molar-refractivity contribution >= 4 is 12.6 Å². The second-order valence-electron chi connectivity index (χ2n) is 7.20. The second kappa shape index (κ2) is 6.67. The van der Waals surface area contributed by atoms with Crippen LogP contribution in [0.25, 0.3) is 0 Å². The Morgan fingerprint density at radius 1 is 0.923 bits per heavy atom. The predicted octanol–water partition coefficient (Wildman–Crippen LogP) is 3.66. The highest BCUT2D eigenvalue weighted by atomic mass is 16.7. The molecule has 6 heteroatoms. The van der Waals surface area contributed by atoms with Crippen molar-refractivity contribution in [2.45, 2.75) is 38.9 Å². The third-order valence-corrected chi connectivity index (χ3v) is 4.95. The highest BCUT2D eigenvalue weighted by Crippen LogP contribution is 2.36. The van der Waals surface area contributed by atoms with Crippen LogP contribution < -0.4 is 14.9 Å². The first-order valence-corrected chi connectivity index (χ1v) is 8.48. The first-order valence-electron chi connectivity index (χ1n) is 8.48. The van der Waals surface area contributed by atoms with Gasteiger partial charge in [0.15, 0.2) is 0 Å². The summed E-state index contributed by atoms with van der Waals surface area (Å²) in [7, 11) is 1.11. The average Bonchev–Trinajstić information content (AvgIpc) is 2.83. The number of methoxy groups -OCH3 is 1. The molecule has 26 heavy (non-hydrogen) atoms. The SMILES string of the molecule is COc1cccc(Oc2ccc(B3OC(C)(C)C(C)(C)O3)cc2)c1C#N. The molecule has 0 aliphatic carbocycles. The minimum atomic E-state index is -0.416. The van der Waals surface area contributed by atoms with E-state index in [-0.39, 0.29) is 11.2 Å². The zero-order valence-electron chi connectivity index (χ0n) is 15.7. The highest BCUT2D eigenvalue weighted by molar-refractivity contribution is 6.62. The molecule has 2 aromatic rings. The average molecular weight is 351 g/mol. The van der Waals surface area contributed by atoms with Crippen LogP contribution in [-0.2, 0) is 9.31 Å². The van der Waals surface area contributed by atoms with Gasteiger partial charge in [0.05, 0.1) is 18.3 Å². The van der Waals surface area contributed by atoms with Crippen LogP contribution in [0.2, 0.25) is 0 Å². The van der Waals surface area contributed by atoms with E-state index in [1.165, 1.54) is 7.11 Å². The van der Waals surface area contributed by atoms with Crippen molar-refractivity contribution in [3.63, 3.8) is 0 Å². The van der Waals surface area contributed by atoms with Crippen LogP contribution >= 0.6 is 0 Å². The van der Waals surface area contributed by atoms with Gasteiger partial charge in [-0.15, -0.1) is 0 Å². The fraction of sp³-hybridized carbons (Fsp3) is 0.350. The smallest absolute Gasteiger partial charge is 0.494 e. The first kappa shape index (κ1) is 18.3. The minimum absolute atomic E-state index is 0.366. The van der Waals surface area contributed by atoms with E-state index < -0.39 is 7.12 Å². The van der Waals surface area contributed by atoms with Crippen molar-refractivity contribution in [3.8, 4) is 23.3 Å². The molecular weight excluding hydrogens is 329 g/mol. The summed E-state index contributed by atoms with van der Waals surface area (Å²) >= 11 is 0. The van der Waals surface area contributed by atoms with Gasteiger partial charge in [-0.25, -0.2) is 0 Å². The second-order valence-corrected chi connectivity index (χ2v) is 7.20. The van der Waals surface area contributed by atoms with Gasteiger partial charge in [0.25, 0.3) is 0 Å². The maximum atomic E-state index is 9.35. The van der Waals surface area contributed by atoms with Gasteiger partial charge < -0.3 is 18.8 Å². The van der Waals surface area contributed by atoms with Gasteiger partial charge >= 0.3 is 7.12 Å². The lowest BCUT2D eigenvalue weighted by atomic mass is 9.79. The van der Waals surface area contributed by atoms with Crippen molar-refractivity contribution in [1.82, 2.24) is 0 Å². The summed E-state index contributed by atoms with van der Waals surface area (Å²) in [5, 5.41) is 9.35. The molecule has 2 aromatic carbocycles. The number of nitriles is 1. The van der Waals surface area contributed by atoms with Crippen LogP contribution in [0.1, 0.15) is 33.3 Å². The molecule has 0 radical (unpaired) electrons. The number of nitrogens with zero attached hydrogens (tertiary/aromatic N) is 1. The Morgan fingerprint density at radius 3 is 2.04 bits per heavy atom. The summed E-state index contributed by atoms with van der Waals surface area (Å²) in [6.45, 7) is 8.10. The van der Waals surface area contributed by atoms with E-state index in [1.807, 2.05) is 52.0 Å². The monoisotopic (exact) mass is 351 g/mol. The van der Waals surface area contributed by atoms with Crippen LogP contribution in [0.4, 0.5) is 0 Å². The number of hydrogen-bond donors (Lipinski definition) is 0. The van der Waals surface area contributed by atoms with E-state index in [0.717, 1.165) is 5.46 Å². The van der Waals surface area contributed by atoms with E-state index in [9.17, 15) is 5.26 Å². The summed E-state index contributed by atoms with van der Waals surface area (Å²) in [4.78, 5) is 0. The fourth-order valence-corrected chi connectivity index (χ4v) is 2.68. The molecule has 1 heterocycles. The quantitative estimate of drug-likeness (QED) is 0.787. The predicted molar refractivity (Wildman–Crippen MR) is 99.9 cm³/mol. The standard InChI is InChI=1S/C20H22BNO4/c1-19(2)20(3,4)26-21(25-19)14-9-11-15(12-10-14)24-18-8-6-7-17(23-5)16(18)13-22/h6-12H,1-5H3. The Hall–Kier alpha value is -2.49. The summed E-state index contributed by atoms with van der Waals surface area (Å²) in [6.07, 6.45) is 0. The lowest BCUT2D eigenvalue weighted by Gasteiger charge is -2.32. The van der Waals surface area contributed by atoms with Crippen molar-refractivity contribution in [1.29, 1.82) is 5.26 Å². The van der Waals surface area contributed by atoms with Crippen LogP contribution in [0, 0.1) is 11.3 Å². The topological polar surface area (TPSA) is 60.7 Å². The van der Waals surface area contributed by atoms with E-state index in [2.05, 4.69) is 6.07 Å². The van der Waals surface area contributed by atoms with Crippen LogP contribution in [0.15, 0.2) is 42.5 Å². The van der Waals surface area contributed by atoms with Crippen LogP contribution in [0.5, 0.6) is 17.2 Å². The largest absolute Gasteiger partial charge is 0.495 e. The molecule has 0 bridgehead atoms. The van der Waals surface area contributed by atoms with Crippen molar-refractivity contribution in [2.75, 3.05) is 7.11 Å². The van der Waals surface area contributed by atoms with Gasteiger partial charge in [-0.2, -0.15) is 5.26 Å². The molecular formula is C20H22BNO4. The van der Waals surface area contributed by atoms with Crippen molar-refractivity contribution in [2.24, 2.45) is 0 Å².